The third kappa shape index (κ3) is 6.81. The maximum absolute atomic E-state index is 11.5. The molecule has 3 nitrogen and oxygen atoms in total. The van der Waals surface area contributed by atoms with Crippen LogP contribution >= 0.6 is 11.3 Å². The number of nitrogens with one attached hydrogen (secondary N) is 1. The van der Waals surface area contributed by atoms with Gasteiger partial charge in [-0.25, -0.2) is 8.42 Å². The van der Waals surface area contributed by atoms with E-state index in [1.165, 1.54) is 4.88 Å². The van der Waals surface area contributed by atoms with Crippen LogP contribution in [0.1, 0.15) is 24.6 Å². The summed E-state index contributed by atoms with van der Waals surface area (Å²) in [4.78, 5) is 1.34. The minimum atomic E-state index is -2.84. The van der Waals surface area contributed by atoms with Crippen molar-refractivity contribution in [1.29, 1.82) is 0 Å². The highest BCUT2D eigenvalue weighted by molar-refractivity contribution is 7.91. The lowest BCUT2D eigenvalue weighted by Crippen LogP contribution is -2.26. The van der Waals surface area contributed by atoms with Crippen LogP contribution in [0.5, 0.6) is 0 Å². The summed E-state index contributed by atoms with van der Waals surface area (Å²) in [6.07, 6.45) is 2.69. The van der Waals surface area contributed by atoms with E-state index in [9.17, 15) is 8.42 Å². The van der Waals surface area contributed by atoms with Crippen LogP contribution in [-0.2, 0) is 16.3 Å². The number of sulfone groups is 1. The number of hydrogen-bond donors (Lipinski definition) is 1. The molecule has 1 heterocycles. The summed E-state index contributed by atoms with van der Waals surface area (Å²) in [6, 6.07) is 4.14. The summed E-state index contributed by atoms with van der Waals surface area (Å²) in [6.45, 7) is 3.43. The summed E-state index contributed by atoms with van der Waals surface area (Å²) in [5.74, 6) is 0.591. The van der Waals surface area contributed by atoms with Gasteiger partial charge in [-0.2, -0.15) is 0 Å². The normalized spacial score (nSPS) is 11.8. The summed E-state index contributed by atoms with van der Waals surface area (Å²) in [5.41, 5.74) is 0. The van der Waals surface area contributed by atoms with Gasteiger partial charge in [0.1, 0.15) is 0 Å². The van der Waals surface area contributed by atoms with E-state index in [0.29, 0.717) is 12.3 Å². The molecule has 0 fully saturated rings. The van der Waals surface area contributed by atoms with Gasteiger partial charge in [0.05, 0.1) is 11.5 Å². The molecule has 0 saturated heterocycles. The second kappa shape index (κ2) is 7.84. The Morgan fingerprint density at radius 1 is 1.29 bits per heavy atom. The summed E-state index contributed by atoms with van der Waals surface area (Å²) < 4.78 is 23.1. The van der Waals surface area contributed by atoms with Crippen LogP contribution in [0.2, 0.25) is 0 Å². The van der Waals surface area contributed by atoms with Crippen molar-refractivity contribution < 1.29 is 8.42 Å². The fourth-order valence-corrected chi connectivity index (χ4v) is 3.58. The predicted octanol–water partition coefficient (Wildman–Crippen LogP) is 2.10. The van der Waals surface area contributed by atoms with Crippen molar-refractivity contribution in [3.8, 4) is 0 Å². The number of rotatable bonds is 9. The topological polar surface area (TPSA) is 46.2 Å². The first-order valence-corrected chi connectivity index (χ1v) is 8.77. The van der Waals surface area contributed by atoms with Crippen molar-refractivity contribution in [1.82, 2.24) is 5.32 Å². The number of hydrogen-bond acceptors (Lipinski definition) is 4. The molecule has 1 aromatic heterocycles. The molecule has 1 N–H and O–H groups in total. The Bertz CT molecular complexity index is 385. The quantitative estimate of drug-likeness (QED) is 0.702. The largest absolute Gasteiger partial charge is 0.315 e. The van der Waals surface area contributed by atoms with Gasteiger partial charge < -0.3 is 5.32 Å². The monoisotopic (exact) mass is 275 g/mol. The van der Waals surface area contributed by atoms with Crippen molar-refractivity contribution in [3.63, 3.8) is 0 Å². The van der Waals surface area contributed by atoms with Gasteiger partial charge in [-0.05, 0) is 30.8 Å². The minimum absolute atomic E-state index is 0.261. The molecule has 1 rings (SSSR count). The summed E-state index contributed by atoms with van der Waals surface area (Å²) >= 11 is 1.74. The second-order valence-electron chi connectivity index (χ2n) is 4.08. The van der Waals surface area contributed by atoms with E-state index in [1.807, 2.05) is 13.0 Å². The van der Waals surface area contributed by atoms with E-state index >= 15 is 0 Å². The first kappa shape index (κ1) is 14.7. The lowest BCUT2D eigenvalue weighted by atomic mass is 10.3. The predicted molar refractivity (Wildman–Crippen MR) is 74.5 cm³/mol. The average molecular weight is 275 g/mol. The molecule has 0 aliphatic heterocycles. The molecule has 0 aliphatic rings. The van der Waals surface area contributed by atoms with Crippen LogP contribution in [0.25, 0.3) is 0 Å². The van der Waals surface area contributed by atoms with E-state index in [0.717, 1.165) is 25.8 Å². The molecule has 0 amide bonds. The molecule has 0 spiro atoms. The lowest BCUT2D eigenvalue weighted by Gasteiger charge is -2.05. The Hall–Kier alpha value is -0.390. The summed E-state index contributed by atoms with van der Waals surface area (Å²) in [7, 11) is -2.84. The second-order valence-corrected chi connectivity index (χ2v) is 7.42. The van der Waals surface area contributed by atoms with E-state index in [2.05, 4.69) is 16.8 Å². The molecule has 0 saturated carbocycles. The molecule has 98 valence electrons. The third-order valence-corrected chi connectivity index (χ3v) is 5.20. The first-order valence-electron chi connectivity index (χ1n) is 6.07. The molecule has 0 bridgehead atoms. The van der Waals surface area contributed by atoms with Crippen LogP contribution in [0.3, 0.4) is 0 Å². The summed E-state index contributed by atoms with van der Waals surface area (Å²) in [5, 5.41) is 5.24. The maximum atomic E-state index is 11.5. The van der Waals surface area contributed by atoms with Crippen molar-refractivity contribution in [2.24, 2.45) is 0 Å². The molecular formula is C12H21NO2S2. The minimum Gasteiger partial charge on any atom is -0.315 e. The molecule has 5 heteroatoms. The Labute approximate surface area is 108 Å². The molecule has 0 aromatic carbocycles. The molecule has 0 radical (unpaired) electrons. The van der Waals surface area contributed by atoms with Crippen LogP contribution in [0.15, 0.2) is 17.5 Å². The van der Waals surface area contributed by atoms with Crippen LogP contribution in [0, 0.1) is 0 Å². The van der Waals surface area contributed by atoms with Crippen LogP contribution < -0.4 is 5.32 Å². The molecule has 0 aliphatic carbocycles. The Morgan fingerprint density at radius 2 is 2.12 bits per heavy atom. The van der Waals surface area contributed by atoms with Crippen molar-refractivity contribution in [3.05, 3.63) is 22.4 Å². The standard InChI is InChI=1S/C12H21NO2S2/c1-2-3-10-17(14,15)11-8-13-7-6-12-5-4-9-16-12/h4-5,9,13H,2-3,6-8,10-11H2,1H3. The SMILES string of the molecule is CCCCS(=O)(=O)CCNCCc1cccs1. The van der Waals surface area contributed by atoms with Gasteiger partial charge in [-0.15, -0.1) is 11.3 Å². The Kier molecular flexibility index (Phi) is 6.77. The van der Waals surface area contributed by atoms with Crippen molar-refractivity contribution in [2.45, 2.75) is 26.2 Å². The van der Waals surface area contributed by atoms with E-state index in [1.54, 1.807) is 11.3 Å². The molecular weight excluding hydrogens is 254 g/mol. The van der Waals surface area contributed by atoms with E-state index < -0.39 is 9.84 Å². The van der Waals surface area contributed by atoms with Gasteiger partial charge in [0.2, 0.25) is 0 Å². The van der Waals surface area contributed by atoms with Gasteiger partial charge in [0, 0.05) is 11.4 Å². The molecule has 0 atom stereocenters. The fraction of sp³-hybridized carbons (Fsp3) is 0.667. The molecule has 1 aromatic rings. The smallest absolute Gasteiger partial charge is 0.151 e. The zero-order valence-corrected chi connectivity index (χ0v) is 11.9. The third-order valence-electron chi connectivity index (χ3n) is 2.53. The highest BCUT2D eigenvalue weighted by Crippen LogP contribution is 2.07. The molecule has 17 heavy (non-hydrogen) atoms. The highest BCUT2D eigenvalue weighted by atomic mass is 32.2. The number of thiophene rings is 1. The van der Waals surface area contributed by atoms with Gasteiger partial charge in [0.25, 0.3) is 0 Å². The Morgan fingerprint density at radius 3 is 2.76 bits per heavy atom. The van der Waals surface area contributed by atoms with Crippen LogP contribution in [0.4, 0.5) is 0 Å². The van der Waals surface area contributed by atoms with Gasteiger partial charge in [-0.1, -0.05) is 19.4 Å². The fourth-order valence-electron chi connectivity index (χ4n) is 1.49. The van der Waals surface area contributed by atoms with Gasteiger partial charge >= 0.3 is 0 Å². The Balaban J connectivity index is 2.07. The van der Waals surface area contributed by atoms with Gasteiger partial charge in [0.15, 0.2) is 9.84 Å². The average Bonchev–Trinajstić information content (AvgIpc) is 2.79. The first-order chi connectivity index (χ1) is 8.14. The zero-order chi connectivity index (χ0) is 12.6. The van der Waals surface area contributed by atoms with Crippen molar-refractivity contribution >= 4 is 21.2 Å². The lowest BCUT2D eigenvalue weighted by molar-refractivity contribution is 0.587. The molecule has 0 unspecified atom stereocenters. The van der Waals surface area contributed by atoms with Crippen LogP contribution in [-0.4, -0.2) is 33.0 Å². The van der Waals surface area contributed by atoms with Gasteiger partial charge in [-0.3, -0.25) is 0 Å². The zero-order valence-electron chi connectivity index (χ0n) is 10.3. The van der Waals surface area contributed by atoms with Crippen molar-refractivity contribution in [2.75, 3.05) is 24.6 Å². The number of unbranched alkanes of at least 4 members (excludes halogenated alkanes) is 1. The highest BCUT2D eigenvalue weighted by Gasteiger charge is 2.08. The van der Waals surface area contributed by atoms with E-state index in [-0.39, 0.29) is 5.75 Å². The maximum Gasteiger partial charge on any atom is 0.151 e. The van der Waals surface area contributed by atoms with E-state index in [4.69, 9.17) is 0 Å².